The van der Waals surface area contributed by atoms with Crippen molar-refractivity contribution in [3.8, 4) is 0 Å². The number of nitrogens with zero attached hydrogens (tertiary/aromatic N) is 2. The molecule has 6 rings (SSSR count). The highest BCUT2D eigenvalue weighted by atomic mass is 32.2. The van der Waals surface area contributed by atoms with Crippen LogP contribution in [-0.2, 0) is 36.2 Å². The van der Waals surface area contributed by atoms with Gasteiger partial charge >= 0.3 is 0 Å². The fourth-order valence-corrected chi connectivity index (χ4v) is 8.28. The Bertz CT molecular complexity index is 1610. The fourth-order valence-electron chi connectivity index (χ4n) is 6.54. The van der Waals surface area contributed by atoms with Gasteiger partial charge in [-0.3, -0.25) is 14.3 Å². The first-order valence-corrected chi connectivity index (χ1v) is 15.6. The number of rotatable bonds is 5. The molecule has 13 heteroatoms. The van der Waals surface area contributed by atoms with Crippen LogP contribution in [0.5, 0.6) is 0 Å². The zero-order chi connectivity index (χ0) is 27.0. The number of amides is 1. The monoisotopic (exact) mass is 560 g/mol. The number of piperidine rings is 1. The summed E-state index contributed by atoms with van der Waals surface area (Å²) in [5.74, 6) is -3.08. The lowest BCUT2D eigenvalue weighted by molar-refractivity contribution is -0.153. The number of halogens is 1. The van der Waals surface area contributed by atoms with Crippen molar-refractivity contribution >= 4 is 48.9 Å². The summed E-state index contributed by atoms with van der Waals surface area (Å²) in [4.78, 5) is 29.1. The van der Waals surface area contributed by atoms with Gasteiger partial charge in [0, 0.05) is 24.2 Å². The number of carbonyl (C=O) groups excluding carboxylic acids is 2. The van der Waals surface area contributed by atoms with Gasteiger partial charge in [-0.15, -0.1) is 4.40 Å². The molecule has 2 saturated carbocycles. The average molecular weight is 561 g/mol. The lowest BCUT2D eigenvalue weighted by Crippen LogP contribution is -2.61. The molecule has 0 spiro atoms. The highest BCUT2D eigenvalue weighted by Crippen LogP contribution is 2.54. The zero-order valence-electron chi connectivity index (χ0n) is 20.3. The van der Waals surface area contributed by atoms with E-state index >= 15 is 0 Å². The third kappa shape index (κ3) is 4.17. The van der Waals surface area contributed by atoms with Gasteiger partial charge in [0.2, 0.25) is 15.9 Å². The van der Waals surface area contributed by atoms with Crippen molar-refractivity contribution in [2.24, 2.45) is 28.1 Å². The molecule has 1 amide bonds. The van der Waals surface area contributed by atoms with Gasteiger partial charge in [0.05, 0.1) is 11.9 Å². The standard InChI is InChI=1S/C25H25FN4O6S2/c1-37(33,34)28-17-8-9-18-19(11-17)38(35,36)29-24(27-18)21-23(31)20-14-4-5-15(10-14)22(20)30(25(21)32)12-13-2-6-16(26)7-3-13/h2-3,6-9,11,14-15,20-22,28H,4-5,10,12H2,1H3,(H,27,29)/t14-,15+,20+,21?,22-/m0/s1. The maximum atomic E-state index is 13.9. The first-order valence-electron chi connectivity index (χ1n) is 12.2. The van der Waals surface area contributed by atoms with Crippen molar-refractivity contribution in [1.82, 2.24) is 4.90 Å². The Morgan fingerprint density at radius 3 is 2.53 bits per heavy atom. The van der Waals surface area contributed by atoms with Crippen LogP contribution in [0.4, 0.5) is 15.8 Å². The number of Topliss-reactive ketones (excluding diaryl/α,β-unsaturated/α-hetero) is 1. The minimum Gasteiger partial charge on any atom is -0.341 e. The van der Waals surface area contributed by atoms with Gasteiger partial charge in [-0.25, -0.2) is 12.8 Å². The second-order valence-corrected chi connectivity index (χ2v) is 13.8. The van der Waals surface area contributed by atoms with Crippen molar-refractivity contribution < 1.29 is 30.8 Å². The number of amidine groups is 1. The van der Waals surface area contributed by atoms with Crippen LogP contribution in [-0.4, -0.2) is 51.6 Å². The van der Waals surface area contributed by atoms with E-state index in [0.717, 1.165) is 31.6 Å². The van der Waals surface area contributed by atoms with E-state index in [-0.39, 0.29) is 52.3 Å². The Balaban J connectivity index is 1.37. The lowest BCUT2D eigenvalue weighted by Gasteiger charge is -2.45. The number of carbonyl (C=O) groups is 2. The first-order chi connectivity index (χ1) is 17.9. The van der Waals surface area contributed by atoms with Crippen molar-refractivity contribution in [2.45, 2.75) is 36.7 Å². The molecule has 1 saturated heterocycles. The predicted molar refractivity (Wildman–Crippen MR) is 137 cm³/mol. The number of ketones is 1. The number of anilines is 2. The van der Waals surface area contributed by atoms with Crippen LogP contribution in [0, 0.1) is 29.5 Å². The molecule has 5 atom stereocenters. The van der Waals surface area contributed by atoms with Crippen LogP contribution >= 0.6 is 0 Å². The van der Waals surface area contributed by atoms with Gasteiger partial charge in [-0.2, -0.15) is 8.42 Å². The molecule has 0 aromatic heterocycles. The van der Waals surface area contributed by atoms with E-state index in [1.54, 1.807) is 17.0 Å². The Morgan fingerprint density at radius 2 is 1.82 bits per heavy atom. The summed E-state index contributed by atoms with van der Waals surface area (Å²) >= 11 is 0. The van der Waals surface area contributed by atoms with Gasteiger partial charge in [0.1, 0.15) is 16.5 Å². The fraction of sp³-hybridized carbons (Fsp3) is 0.400. The minimum atomic E-state index is -4.35. The third-order valence-corrected chi connectivity index (χ3v) is 9.90. The number of fused-ring (bicyclic) bond motifs is 6. The number of likely N-dealkylation sites (tertiary alicyclic amines) is 1. The molecule has 2 aliphatic heterocycles. The van der Waals surface area contributed by atoms with Crippen LogP contribution in [0.15, 0.2) is 51.8 Å². The van der Waals surface area contributed by atoms with E-state index in [9.17, 15) is 30.8 Å². The van der Waals surface area contributed by atoms with Gasteiger partial charge in [0.15, 0.2) is 11.7 Å². The van der Waals surface area contributed by atoms with Crippen LogP contribution in [0.25, 0.3) is 0 Å². The molecular weight excluding hydrogens is 535 g/mol. The van der Waals surface area contributed by atoms with Gasteiger partial charge < -0.3 is 10.2 Å². The largest absolute Gasteiger partial charge is 0.341 e. The summed E-state index contributed by atoms with van der Waals surface area (Å²) in [5.41, 5.74) is 0.835. The second kappa shape index (κ2) is 8.60. The van der Waals surface area contributed by atoms with E-state index in [1.165, 1.54) is 24.3 Å². The van der Waals surface area contributed by atoms with E-state index in [4.69, 9.17) is 0 Å². The van der Waals surface area contributed by atoms with E-state index in [1.807, 2.05) is 0 Å². The van der Waals surface area contributed by atoms with Crippen molar-refractivity contribution in [2.75, 3.05) is 16.3 Å². The number of nitrogens with one attached hydrogen (secondary N) is 2. The lowest BCUT2D eigenvalue weighted by atomic mass is 9.73. The smallest absolute Gasteiger partial charge is 0.286 e. The third-order valence-electron chi connectivity index (χ3n) is 7.96. The molecule has 0 radical (unpaired) electrons. The highest BCUT2D eigenvalue weighted by molar-refractivity contribution is 7.92. The Morgan fingerprint density at radius 1 is 1.11 bits per heavy atom. The van der Waals surface area contributed by atoms with Gasteiger partial charge in [-0.05, 0) is 67.0 Å². The van der Waals surface area contributed by atoms with Crippen LogP contribution < -0.4 is 10.0 Å². The molecule has 2 heterocycles. The van der Waals surface area contributed by atoms with Crippen molar-refractivity contribution in [3.05, 3.63) is 53.8 Å². The summed E-state index contributed by atoms with van der Waals surface area (Å²) < 4.78 is 69.0. The Kier molecular flexibility index (Phi) is 5.65. The molecule has 2 aromatic carbocycles. The molecule has 2 aromatic rings. The van der Waals surface area contributed by atoms with E-state index in [2.05, 4.69) is 14.4 Å². The molecule has 3 fully saturated rings. The SMILES string of the molecule is CS(=O)(=O)Nc1ccc2c(c1)S(=O)(=O)N=C(C1C(=O)[C@@H]3[C@H]4CC[C@H](C4)[C@@H]3N(Cc3ccc(F)cc3)C1=O)N2. The predicted octanol–water partition coefficient (Wildman–Crippen LogP) is 2.35. The Hall–Kier alpha value is -3.32. The molecule has 2 N–H and O–H groups in total. The van der Waals surface area contributed by atoms with E-state index < -0.39 is 43.6 Å². The van der Waals surface area contributed by atoms with Crippen molar-refractivity contribution in [3.63, 3.8) is 0 Å². The zero-order valence-corrected chi connectivity index (χ0v) is 21.9. The highest BCUT2D eigenvalue weighted by Gasteiger charge is 2.60. The average Bonchev–Trinajstić information content (AvgIpc) is 3.45. The summed E-state index contributed by atoms with van der Waals surface area (Å²) in [6.45, 7) is 0.171. The molecule has 200 valence electrons. The van der Waals surface area contributed by atoms with Gasteiger partial charge in [-0.1, -0.05) is 12.1 Å². The summed E-state index contributed by atoms with van der Waals surface area (Å²) in [5, 5.41) is 2.86. The summed E-state index contributed by atoms with van der Waals surface area (Å²) in [6, 6.07) is 9.41. The van der Waals surface area contributed by atoms with E-state index in [0.29, 0.717) is 5.56 Å². The molecule has 10 nitrogen and oxygen atoms in total. The molecule has 1 unspecified atom stereocenters. The number of sulfonamides is 2. The normalized spacial score (nSPS) is 29.4. The number of benzene rings is 2. The van der Waals surface area contributed by atoms with Gasteiger partial charge in [0.25, 0.3) is 10.0 Å². The maximum Gasteiger partial charge on any atom is 0.286 e. The molecule has 4 aliphatic rings. The number of hydrogen-bond acceptors (Lipinski definition) is 7. The summed E-state index contributed by atoms with van der Waals surface area (Å²) in [7, 11) is -8.00. The maximum absolute atomic E-state index is 13.9. The summed E-state index contributed by atoms with van der Waals surface area (Å²) in [6.07, 6.45) is 3.57. The molecule has 38 heavy (non-hydrogen) atoms. The Labute approximate surface area is 219 Å². The van der Waals surface area contributed by atoms with Crippen LogP contribution in [0.1, 0.15) is 24.8 Å². The second-order valence-electron chi connectivity index (χ2n) is 10.4. The molecule has 2 bridgehead atoms. The quantitative estimate of drug-likeness (QED) is 0.535. The van der Waals surface area contributed by atoms with Crippen molar-refractivity contribution in [1.29, 1.82) is 0 Å². The molecule has 2 aliphatic carbocycles. The first kappa shape index (κ1) is 25.0. The minimum absolute atomic E-state index is 0.0374. The van der Waals surface area contributed by atoms with Crippen LogP contribution in [0.2, 0.25) is 0 Å². The van der Waals surface area contributed by atoms with Crippen LogP contribution in [0.3, 0.4) is 0 Å². The molecular formula is C25H25FN4O6S2. The topological polar surface area (TPSA) is 142 Å². The number of hydrogen-bond donors (Lipinski definition) is 2.